The molecule has 0 bridgehead atoms. The Hall–Kier alpha value is -0.820. The SMILES string of the molecule is CCC(CC)(CNC)c1ccc(C)cc1. The number of nitrogens with one attached hydrogen (secondary N) is 1. The zero-order valence-electron chi connectivity index (χ0n) is 10.4. The van der Waals surface area contributed by atoms with Crippen molar-refractivity contribution < 1.29 is 0 Å². The highest BCUT2D eigenvalue weighted by atomic mass is 14.8. The molecular formula is C14H23N. The van der Waals surface area contributed by atoms with E-state index in [1.165, 1.54) is 24.0 Å². The first-order valence-corrected chi connectivity index (χ1v) is 5.90. The van der Waals surface area contributed by atoms with Gasteiger partial charge >= 0.3 is 0 Å². The van der Waals surface area contributed by atoms with E-state index in [9.17, 15) is 0 Å². The average molecular weight is 205 g/mol. The van der Waals surface area contributed by atoms with Crippen LogP contribution in [0.2, 0.25) is 0 Å². The summed E-state index contributed by atoms with van der Waals surface area (Å²) < 4.78 is 0. The van der Waals surface area contributed by atoms with Crippen molar-refractivity contribution in [2.45, 2.75) is 39.0 Å². The summed E-state index contributed by atoms with van der Waals surface area (Å²) in [6.07, 6.45) is 2.38. The Morgan fingerprint density at radius 3 is 2.00 bits per heavy atom. The number of likely N-dealkylation sites (N-methyl/N-ethyl adjacent to an activating group) is 1. The molecule has 0 radical (unpaired) electrons. The van der Waals surface area contributed by atoms with Crippen LogP contribution in [0.4, 0.5) is 0 Å². The summed E-state index contributed by atoms with van der Waals surface area (Å²) in [6, 6.07) is 8.98. The highest BCUT2D eigenvalue weighted by Gasteiger charge is 2.27. The summed E-state index contributed by atoms with van der Waals surface area (Å²) in [6.45, 7) is 7.76. The zero-order chi connectivity index (χ0) is 11.3. The minimum Gasteiger partial charge on any atom is -0.319 e. The minimum atomic E-state index is 0.308. The molecular weight excluding hydrogens is 182 g/mol. The second-order valence-electron chi connectivity index (χ2n) is 4.38. The van der Waals surface area contributed by atoms with E-state index in [2.05, 4.69) is 50.4 Å². The summed E-state index contributed by atoms with van der Waals surface area (Å²) in [4.78, 5) is 0. The fourth-order valence-corrected chi connectivity index (χ4v) is 2.26. The van der Waals surface area contributed by atoms with E-state index in [4.69, 9.17) is 0 Å². The molecule has 0 fully saturated rings. The molecule has 1 aromatic rings. The van der Waals surface area contributed by atoms with Crippen LogP contribution in [0.1, 0.15) is 37.8 Å². The van der Waals surface area contributed by atoms with Crippen LogP contribution in [-0.4, -0.2) is 13.6 Å². The molecule has 0 atom stereocenters. The predicted molar refractivity (Wildman–Crippen MR) is 67.4 cm³/mol. The molecule has 84 valence electrons. The molecule has 0 aliphatic rings. The summed E-state index contributed by atoms with van der Waals surface area (Å²) in [5, 5.41) is 3.32. The van der Waals surface area contributed by atoms with Crippen LogP contribution in [0.3, 0.4) is 0 Å². The monoisotopic (exact) mass is 205 g/mol. The van der Waals surface area contributed by atoms with E-state index in [0.29, 0.717) is 5.41 Å². The van der Waals surface area contributed by atoms with Gasteiger partial charge < -0.3 is 5.32 Å². The average Bonchev–Trinajstić information content (AvgIpc) is 2.27. The molecule has 0 saturated heterocycles. The van der Waals surface area contributed by atoms with Crippen molar-refractivity contribution in [3.63, 3.8) is 0 Å². The molecule has 0 aromatic heterocycles. The van der Waals surface area contributed by atoms with Gasteiger partial charge in [-0.25, -0.2) is 0 Å². The van der Waals surface area contributed by atoms with Gasteiger partial charge in [0.2, 0.25) is 0 Å². The zero-order valence-corrected chi connectivity index (χ0v) is 10.4. The quantitative estimate of drug-likeness (QED) is 0.778. The molecule has 0 aliphatic carbocycles. The molecule has 0 saturated carbocycles. The van der Waals surface area contributed by atoms with Gasteiger partial charge in [0.15, 0.2) is 0 Å². The first kappa shape index (κ1) is 12.3. The van der Waals surface area contributed by atoms with E-state index in [1.54, 1.807) is 0 Å². The van der Waals surface area contributed by atoms with Crippen molar-refractivity contribution in [2.24, 2.45) is 0 Å². The Morgan fingerprint density at radius 2 is 1.60 bits per heavy atom. The maximum atomic E-state index is 3.32. The van der Waals surface area contributed by atoms with Gasteiger partial charge in [-0.2, -0.15) is 0 Å². The van der Waals surface area contributed by atoms with Crippen molar-refractivity contribution in [3.05, 3.63) is 35.4 Å². The van der Waals surface area contributed by atoms with Crippen molar-refractivity contribution in [3.8, 4) is 0 Å². The number of benzene rings is 1. The lowest BCUT2D eigenvalue weighted by atomic mass is 9.75. The Balaban J connectivity index is 3.02. The van der Waals surface area contributed by atoms with Crippen LogP contribution in [0.15, 0.2) is 24.3 Å². The number of rotatable bonds is 5. The second kappa shape index (κ2) is 5.32. The van der Waals surface area contributed by atoms with Crippen LogP contribution < -0.4 is 5.32 Å². The Morgan fingerprint density at radius 1 is 1.07 bits per heavy atom. The van der Waals surface area contributed by atoms with E-state index in [1.807, 2.05) is 7.05 Å². The molecule has 0 heterocycles. The van der Waals surface area contributed by atoms with Gasteiger partial charge in [-0.15, -0.1) is 0 Å². The van der Waals surface area contributed by atoms with E-state index < -0.39 is 0 Å². The summed E-state index contributed by atoms with van der Waals surface area (Å²) in [5.74, 6) is 0. The lowest BCUT2D eigenvalue weighted by molar-refractivity contribution is 0.380. The molecule has 1 heteroatoms. The van der Waals surface area contributed by atoms with Gasteiger partial charge in [-0.1, -0.05) is 43.7 Å². The van der Waals surface area contributed by atoms with E-state index in [-0.39, 0.29) is 0 Å². The third-order valence-corrected chi connectivity index (χ3v) is 3.53. The Bertz CT molecular complexity index is 283. The molecule has 0 spiro atoms. The van der Waals surface area contributed by atoms with Crippen molar-refractivity contribution >= 4 is 0 Å². The van der Waals surface area contributed by atoms with Crippen molar-refractivity contribution in [1.82, 2.24) is 5.32 Å². The van der Waals surface area contributed by atoms with Crippen LogP contribution in [0.25, 0.3) is 0 Å². The first-order chi connectivity index (χ1) is 7.18. The van der Waals surface area contributed by atoms with Crippen LogP contribution >= 0.6 is 0 Å². The van der Waals surface area contributed by atoms with Crippen molar-refractivity contribution in [1.29, 1.82) is 0 Å². The van der Waals surface area contributed by atoms with Gasteiger partial charge in [0.1, 0.15) is 0 Å². The highest BCUT2D eigenvalue weighted by molar-refractivity contribution is 5.29. The van der Waals surface area contributed by atoms with E-state index >= 15 is 0 Å². The fourth-order valence-electron chi connectivity index (χ4n) is 2.26. The normalized spacial score (nSPS) is 11.7. The molecule has 0 unspecified atom stereocenters. The lowest BCUT2D eigenvalue weighted by Crippen LogP contribution is -2.35. The molecule has 1 N–H and O–H groups in total. The molecule has 0 amide bonds. The molecule has 15 heavy (non-hydrogen) atoms. The van der Waals surface area contributed by atoms with Crippen molar-refractivity contribution in [2.75, 3.05) is 13.6 Å². The molecule has 1 nitrogen and oxygen atoms in total. The topological polar surface area (TPSA) is 12.0 Å². The molecule has 1 rings (SSSR count). The third-order valence-electron chi connectivity index (χ3n) is 3.53. The Kier molecular flexibility index (Phi) is 4.34. The smallest absolute Gasteiger partial charge is 0.00724 e. The summed E-state index contributed by atoms with van der Waals surface area (Å²) in [7, 11) is 2.04. The van der Waals surface area contributed by atoms with Crippen LogP contribution in [-0.2, 0) is 5.41 Å². The fraction of sp³-hybridized carbons (Fsp3) is 0.571. The molecule has 0 aliphatic heterocycles. The lowest BCUT2D eigenvalue weighted by Gasteiger charge is -2.32. The van der Waals surface area contributed by atoms with Gasteiger partial charge in [-0.3, -0.25) is 0 Å². The first-order valence-electron chi connectivity index (χ1n) is 5.90. The summed E-state index contributed by atoms with van der Waals surface area (Å²) >= 11 is 0. The molecule has 1 aromatic carbocycles. The largest absolute Gasteiger partial charge is 0.319 e. The standard InChI is InChI=1S/C14H23N/c1-5-14(6-2,11-15-4)13-9-7-12(3)8-10-13/h7-10,15H,5-6,11H2,1-4H3. The predicted octanol–water partition coefficient (Wildman–Crippen LogP) is 3.27. The minimum absolute atomic E-state index is 0.308. The number of aryl methyl sites for hydroxylation is 1. The van der Waals surface area contributed by atoms with Crippen LogP contribution in [0.5, 0.6) is 0 Å². The van der Waals surface area contributed by atoms with Gasteiger partial charge in [0.05, 0.1) is 0 Å². The maximum Gasteiger partial charge on any atom is 0.00724 e. The number of hydrogen-bond donors (Lipinski definition) is 1. The Labute approximate surface area is 93.9 Å². The second-order valence-corrected chi connectivity index (χ2v) is 4.38. The third kappa shape index (κ3) is 2.60. The summed E-state index contributed by atoms with van der Waals surface area (Å²) in [5.41, 5.74) is 3.11. The van der Waals surface area contributed by atoms with Gasteiger partial charge in [-0.05, 0) is 32.4 Å². The number of hydrogen-bond acceptors (Lipinski definition) is 1. The van der Waals surface area contributed by atoms with Gasteiger partial charge in [0.25, 0.3) is 0 Å². The van der Waals surface area contributed by atoms with E-state index in [0.717, 1.165) is 6.54 Å². The van der Waals surface area contributed by atoms with Crippen LogP contribution in [0, 0.1) is 6.92 Å². The maximum absolute atomic E-state index is 3.32. The van der Waals surface area contributed by atoms with Gasteiger partial charge in [0, 0.05) is 12.0 Å². The highest BCUT2D eigenvalue weighted by Crippen LogP contribution is 2.31.